The molecule has 1 unspecified atom stereocenters. The highest BCUT2D eigenvalue weighted by Crippen LogP contribution is 2.33. The van der Waals surface area contributed by atoms with Crippen molar-refractivity contribution in [2.24, 2.45) is 0 Å². The van der Waals surface area contributed by atoms with E-state index < -0.39 is 11.0 Å². The maximum atomic E-state index is 10.9. The number of aromatic nitrogens is 1. The fourth-order valence-electron chi connectivity index (χ4n) is 3.14. The van der Waals surface area contributed by atoms with Gasteiger partial charge in [0.15, 0.2) is 0 Å². The number of fused-ring (bicyclic) bond motifs is 1. The first-order valence-electron chi connectivity index (χ1n) is 9.36. The summed E-state index contributed by atoms with van der Waals surface area (Å²) in [6, 6.07) is 9.25. The number of hydrogen-bond acceptors (Lipinski definition) is 6. The van der Waals surface area contributed by atoms with Gasteiger partial charge in [-0.1, -0.05) is 24.8 Å². The highest BCUT2D eigenvalue weighted by molar-refractivity contribution is 5.97. The van der Waals surface area contributed by atoms with Gasteiger partial charge in [-0.2, -0.15) is 0 Å². The molecule has 2 aromatic carbocycles. The van der Waals surface area contributed by atoms with Crippen LogP contribution >= 0.6 is 0 Å². The first-order chi connectivity index (χ1) is 14.4. The van der Waals surface area contributed by atoms with Crippen molar-refractivity contribution in [1.82, 2.24) is 4.98 Å². The quantitative estimate of drug-likeness (QED) is 0.237. The van der Waals surface area contributed by atoms with Gasteiger partial charge < -0.3 is 25.3 Å². The van der Waals surface area contributed by atoms with E-state index in [-0.39, 0.29) is 30.3 Å². The van der Waals surface area contributed by atoms with Crippen LogP contribution in [0, 0.1) is 10.1 Å². The SMILES string of the molecule is C=Cc1c(/C=C\C)[nH]c2cccc(OCC(O)CNc3cc([N+](=O)[O-])ccc3O)c12. The molecule has 0 saturated heterocycles. The third-order valence-electron chi connectivity index (χ3n) is 4.54. The van der Waals surface area contributed by atoms with E-state index in [0.29, 0.717) is 5.75 Å². The maximum absolute atomic E-state index is 10.9. The van der Waals surface area contributed by atoms with Crippen LogP contribution in [-0.2, 0) is 0 Å². The molecule has 0 radical (unpaired) electrons. The average Bonchev–Trinajstić information content (AvgIpc) is 3.09. The smallest absolute Gasteiger partial charge is 0.271 e. The average molecular weight is 409 g/mol. The number of phenols is 1. The number of nitro benzene ring substituents is 1. The normalized spacial score (nSPS) is 12.2. The van der Waals surface area contributed by atoms with Gasteiger partial charge in [0.1, 0.15) is 24.2 Å². The number of benzene rings is 2. The molecule has 30 heavy (non-hydrogen) atoms. The Bertz CT molecular complexity index is 1100. The molecular weight excluding hydrogens is 386 g/mol. The van der Waals surface area contributed by atoms with Crippen LogP contribution in [0.5, 0.6) is 11.5 Å². The number of allylic oxidation sites excluding steroid dienone is 1. The second kappa shape index (κ2) is 9.15. The topological polar surface area (TPSA) is 121 Å². The minimum absolute atomic E-state index is 0.0114. The Morgan fingerprint density at radius 3 is 2.87 bits per heavy atom. The molecule has 0 aliphatic heterocycles. The lowest BCUT2D eigenvalue weighted by Crippen LogP contribution is -2.26. The van der Waals surface area contributed by atoms with E-state index in [4.69, 9.17) is 4.74 Å². The first-order valence-corrected chi connectivity index (χ1v) is 9.36. The number of phenolic OH excluding ortho intramolecular Hbond substituents is 1. The molecule has 8 nitrogen and oxygen atoms in total. The lowest BCUT2D eigenvalue weighted by Gasteiger charge is -2.15. The van der Waals surface area contributed by atoms with Gasteiger partial charge in [0.25, 0.3) is 5.69 Å². The number of aliphatic hydroxyl groups is 1. The standard InChI is InChI=1S/C22H23N3O5/c1-3-6-17-16(4-2)22-18(24-17)7-5-8-21(22)30-13-15(26)12-23-19-11-14(25(28)29)9-10-20(19)27/h3-11,15,23-24,26-27H,2,12-13H2,1H3/b6-3-. The summed E-state index contributed by atoms with van der Waals surface area (Å²) in [6.45, 7) is 5.84. The van der Waals surface area contributed by atoms with E-state index in [1.165, 1.54) is 18.2 Å². The summed E-state index contributed by atoms with van der Waals surface area (Å²) in [5.41, 5.74) is 2.73. The fraction of sp³-hybridized carbons (Fsp3) is 0.182. The zero-order valence-electron chi connectivity index (χ0n) is 16.5. The van der Waals surface area contributed by atoms with Crippen LogP contribution in [-0.4, -0.2) is 39.4 Å². The van der Waals surface area contributed by atoms with Crippen molar-refractivity contribution in [2.75, 3.05) is 18.5 Å². The third kappa shape index (κ3) is 4.44. The number of non-ortho nitro benzene ring substituents is 1. The van der Waals surface area contributed by atoms with Crippen molar-refractivity contribution in [3.8, 4) is 11.5 Å². The van der Waals surface area contributed by atoms with Crippen LogP contribution in [0.15, 0.2) is 49.1 Å². The van der Waals surface area contributed by atoms with E-state index in [2.05, 4.69) is 16.9 Å². The molecule has 0 amide bonds. The molecule has 156 valence electrons. The fourth-order valence-corrected chi connectivity index (χ4v) is 3.14. The Kier molecular flexibility index (Phi) is 6.38. The monoisotopic (exact) mass is 409 g/mol. The number of anilines is 1. The Morgan fingerprint density at radius 2 is 2.17 bits per heavy atom. The Morgan fingerprint density at radius 1 is 1.37 bits per heavy atom. The summed E-state index contributed by atoms with van der Waals surface area (Å²) in [4.78, 5) is 13.6. The molecule has 0 aliphatic carbocycles. The Labute approximate surface area is 173 Å². The summed E-state index contributed by atoms with van der Waals surface area (Å²) in [5, 5.41) is 34.7. The van der Waals surface area contributed by atoms with Gasteiger partial charge in [0.2, 0.25) is 0 Å². The molecule has 4 N–H and O–H groups in total. The van der Waals surface area contributed by atoms with Crippen molar-refractivity contribution in [1.29, 1.82) is 0 Å². The minimum atomic E-state index is -0.917. The predicted octanol–water partition coefficient (Wildman–Crippen LogP) is 4.31. The van der Waals surface area contributed by atoms with Crippen LogP contribution < -0.4 is 10.1 Å². The lowest BCUT2D eigenvalue weighted by atomic mass is 10.1. The van der Waals surface area contributed by atoms with Crippen LogP contribution in [0.2, 0.25) is 0 Å². The van der Waals surface area contributed by atoms with Crippen LogP contribution in [0.25, 0.3) is 23.1 Å². The number of nitro groups is 1. The second-order valence-corrected chi connectivity index (χ2v) is 6.64. The number of ether oxygens (including phenoxy) is 1. The summed E-state index contributed by atoms with van der Waals surface area (Å²) < 4.78 is 5.84. The maximum Gasteiger partial charge on any atom is 0.271 e. The predicted molar refractivity (Wildman–Crippen MR) is 118 cm³/mol. The van der Waals surface area contributed by atoms with Crippen LogP contribution in [0.3, 0.4) is 0 Å². The second-order valence-electron chi connectivity index (χ2n) is 6.64. The molecule has 1 heterocycles. The molecule has 0 spiro atoms. The number of hydrogen-bond donors (Lipinski definition) is 4. The molecule has 0 bridgehead atoms. The van der Waals surface area contributed by atoms with Crippen molar-refractivity contribution in [2.45, 2.75) is 13.0 Å². The van der Waals surface area contributed by atoms with Crippen molar-refractivity contribution in [3.05, 3.63) is 70.4 Å². The number of aromatic hydroxyl groups is 1. The molecule has 0 fully saturated rings. The van der Waals surface area contributed by atoms with Crippen LogP contribution in [0.4, 0.5) is 11.4 Å². The van der Waals surface area contributed by atoms with E-state index in [0.717, 1.165) is 22.2 Å². The minimum Gasteiger partial charge on any atom is -0.506 e. The van der Waals surface area contributed by atoms with E-state index >= 15 is 0 Å². The van der Waals surface area contributed by atoms with E-state index in [1.807, 2.05) is 37.3 Å². The molecule has 3 rings (SSSR count). The van der Waals surface area contributed by atoms with Crippen molar-refractivity contribution >= 4 is 34.4 Å². The van der Waals surface area contributed by atoms with Gasteiger partial charge >= 0.3 is 0 Å². The summed E-state index contributed by atoms with van der Waals surface area (Å²) >= 11 is 0. The number of aliphatic hydroxyl groups excluding tert-OH is 1. The number of nitrogens with one attached hydrogen (secondary N) is 2. The molecule has 3 aromatic rings. The molecular formula is C22H23N3O5. The molecule has 1 aromatic heterocycles. The highest BCUT2D eigenvalue weighted by Gasteiger charge is 2.15. The first kappa shape index (κ1) is 20.9. The van der Waals surface area contributed by atoms with Crippen molar-refractivity contribution < 1.29 is 19.9 Å². The number of rotatable bonds is 9. The Hall–Kier alpha value is -3.78. The number of nitrogens with zero attached hydrogens (tertiary/aromatic N) is 1. The summed E-state index contributed by atoms with van der Waals surface area (Å²) in [7, 11) is 0. The number of aromatic amines is 1. The van der Waals surface area contributed by atoms with Gasteiger partial charge in [-0.15, -0.1) is 0 Å². The van der Waals surface area contributed by atoms with Gasteiger partial charge in [-0.25, -0.2) is 0 Å². The molecule has 0 saturated carbocycles. The lowest BCUT2D eigenvalue weighted by molar-refractivity contribution is -0.384. The van der Waals surface area contributed by atoms with E-state index in [1.54, 1.807) is 6.08 Å². The van der Waals surface area contributed by atoms with Gasteiger partial charge in [0, 0.05) is 35.3 Å². The van der Waals surface area contributed by atoms with E-state index in [9.17, 15) is 20.3 Å². The van der Waals surface area contributed by atoms with Crippen molar-refractivity contribution in [3.63, 3.8) is 0 Å². The molecule has 8 heteroatoms. The molecule has 0 aliphatic rings. The number of H-pyrrole nitrogens is 1. The summed E-state index contributed by atoms with van der Waals surface area (Å²) in [6.07, 6.45) is 4.71. The summed E-state index contributed by atoms with van der Waals surface area (Å²) in [5.74, 6) is 0.463. The molecule has 1 atom stereocenters. The third-order valence-corrected chi connectivity index (χ3v) is 4.54. The van der Waals surface area contributed by atoms with Gasteiger partial charge in [-0.3, -0.25) is 10.1 Å². The van der Waals surface area contributed by atoms with Crippen LogP contribution in [0.1, 0.15) is 18.2 Å². The Balaban J connectivity index is 1.70. The highest BCUT2D eigenvalue weighted by atomic mass is 16.6. The zero-order chi connectivity index (χ0) is 21.7. The van der Waals surface area contributed by atoms with Gasteiger partial charge in [-0.05, 0) is 31.2 Å². The zero-order valence-corrected chi connectivity index (χ0v) is 16.5. The van der Waals surface area contributed by atoms with Gasteiger partial charge in [0.05, 0.1) is 16.1 Å². The largest absolute Gasteiger partial charge is 0.506 e.